The average Bonchev–Trinajstić information content (AvgIpc) is 1.93. The van der Waals surface area contributed by atoms with Crippen LogP contribution in [0, 0.1) is 19.7 Å². The van der Waals surface area contributed by atoms with Gasteiger partial charge in [0.2, 0.25) is 0 Å². The summed E-state index contributed by atoms with van der Waals surface area (Å²) < 4.78 is 12.7. The summed E-state index contributed by atoms with van der Waals surface area (Å²) in [5.74, 6) is -0.185. The fraction of sp³-hybridized carbons (Fsp3) is 0.250. The molecule has 0 aliphatic carbocycles. The molecular weight excluding hydrogens is 147 g/mol. The molecule has 0 bridgehead atoms. The summed E-state index contributed by atoms with van der Waals surface area (Å²) in [5, 5.41) is 0. The van der Waals surface area contributed by atoms with Crippen molar-refractivity contribution in [3.05, 3.63) is 29.1 Å². The molecule has 0 atom stereocenters. The summed E-state index contributed by atoms with van der Waals surface area (Å²) in [6.07, 6.45) is 0. The predicted octanol–water partition coefficient (Wildman–Crippen LogP) is 2.73. The SMILES string of the molecule is Cc1ccc(F)c(C)c1S. The fourth-order valence-electron chi connectivity index (χ4n) is 0.811. The third kappa shape index (κ3) is 1.16. The van der Waals surface area contributed by atoms with E-state index < -0.39 is 0 Å². The van der Waals surface area contributed by atoms with Gasteiger partial charge < -0.3 is 0 Å². The Morgan fingerprint density at radius 2 is 1.90 bits per heavy atom. The lowest BCUT2D eigenvalue weighted by atomic mass is 10.1. The molecule has 0 N–H and O–H groups in total. The molecule has 1 aromatic carbocycles. The highest BCUT2D eigenvalue weighted by molar-refractivity contribution is 7.80. The molecule has 0 heterocycles. The van der Waals surface area contributed by atoms with Gasteiger partial charge in [-0.25, -0.2) is 4.39 Å². The van der Waals surface area contributed by atoms with Gasteiger partial charge in [0, 0.05) is 4.90 Å². The quantitative estimate of drug-likeness (QED) is 0.548. The van der Waals surface area contributed by atoms with Crippen LogP contribution < -0.4 is 0 Å². The van der Waals surface area contributed by atoms with Crippen molar-refractivity contribution in [1.29, 1.82) is 0 Å². The highest BCUT2D eigenvalue weighted by Gasteiger charge is 2.01. The third-order valence-electron chi connectivity index (χ3n) is 1.57. The number of benzene rings is 1. The van der Waals surface area contributed by atoms with Crippen LogP contribution in [0.2, 0.25) is 0 Å². The van der Waals surface area contributed by atoms with Crippen LogP contribution in [-0.4, -0.2) is 0 Å². The molecule has 0 aliphatic heterocycles. The Balaban J connectivity index is 3.34. The van der Waals surface area contributed by atoms with Crippen molar-refractivity contribution >= 4 is 12.6 Å². The molecule has 1 aromatic rings. The number of rotatable bonds is 0. The van der Waals surface area contributed by atoms with E-state index in [0.29, 0.717) is 5.56 Å². The molecule has 0 unspecified atom stereocenters. The molecule has 0 radical (unpaired) electrons. The highest BCUT2D eigenvalue weighted by atomic mass is 32.1. The van der Waals surface area contributed by atoms with Gasteiger partial charge in [0.15, 0.2) is 0 Å². The van der Waals surface area contributed by atoms with E-state index in [-0.39, 0.29) is 5.82 Å². The largest absolute Gasteiger partial charge is 0.207 e. The summed E-state index contributed by atoms with van der Waals surface area (Å²) in [5.41, 5.74) is 1.64. The van der Waals surface area contributed by atoms with Crippen molar-refractivity contribution < 1.29 is 4.39 Å². The Labute approximate surface area is 65.5 Å². The average molecular weight is 156 g/mol. The second-order valence-corrected chi connectivity index (χ2v) is 2.79. The lowest BCUT2D eigenvalue weighted by molar-refractivity contribution is 0.613. The Bertz CT molecular complexity index is 229. The molecule has 0 spiro atoms. The number of hydrogen-bond donors (Lipinski definition) is 1. The summed E-state index contributed by atoms with van der Waals surface area (Å²) >= 11 is 4.14. The van der Waals surface area contributed by atoms with Gasteiger partial charge >= 0.3 is 0 Å². The van der Waals surface area contributed by atoms with Crippen LogP contribution in [0.15, 0.2) is 17.0 Å². The van der Waals surface area contributed by atoms with Gasteiger partial charge in [-0.2, -0.15) is 0 Å². The van der Waals surface area contributed by atoms with Gasteiger partial charge in [-0.15, -0.1) is 12.6 Å². The Kier molecular flexibility index (Phi) is 2.00. The first kappa shape index (κ1) is 7.61. The first-order chi connectivity index (χ1) is 4.63. The van der Waals surface area contributed by atoms with E-state index in [4.69, 9.17) is 0 Å². The minimum Gasteiger partial charge on any atom is -0.207 e. The molecule has 0 aromatic heterocycles. The van der Waals surface area contributed by atoms with Crippen LogP contribution in [0.25, 0.3) is 0 Å². The number of thiol groups is 1. The second kappa shape index (κ2) is 2.62. The second-order valence-electron chi connectivity index (χ2n) is 2.34. The smallest absolute Gasteiger partial charge is 0.127 e. The lowest BCUT2D eigenvalue weighted by Crippen LogP contribution is -1.86. The van der Waals surface area contributed by atoms with Crippen LogP contribution >= 0.6 is 12.6 Å². The summed E-state index contributed by atoms with van der Waals surface area (Å²) in [6.45, 7) is 3.64. The zero-order valence-electron chi connectivity index (χ0n) is 5.98. The maximum absolute atomic E-state index is 12.7. The van der Waals surface area contributed by atoms with E-state index in [0.717, 1.165) is 10.5 Å². The molecule has 0 nitrogen and oxygen atoms in total. The fourth-order valence-corrected chi connectivity index (χ4v) is 0.992. The van der Waals surface area contributed by atoms with E-state index in [1.807, 2.05) is 6.92 Å². The van der Waals surface area contributed by atoms with Gasteiger partial charge in [0.1, 0.15) is 5.82 Å². The number of halogens is 1. The third-order valence-corrected chi connectivity index (χ3v) is 2.25. The molecule has 0 saturated heterocycles. The molecule has 0 fully saturated rings. The monoisotopic (exact) mass is 156 g/mol. The molecule has 0 amide bonds. The summed E-state index contributed by atoms with van der Waals surface area (Å²) in [6, 6.07) is 3.19. The van der Waals surface area contributed by atoms with Crippen LogP contribution in [0.1, 0.15) is 11.1 Å². The van der Waals surface area contributed by atoms with Crippen LogP contribution in [-0.2, 0) is 0 Å². The van der Waals surface area contributed by atoms with Crippen LogP contribution in [0.5, 0.6) is 0 Å². The maximum atomic E-state index is 12.7. The van der Waals surface area contributed by atoms with E-state index in [9.17, 15) is 4.39 Å². The topological polar surface area (TPSA) is 0 Å². The Morgan fingerprint density at radius 1 is 1.30 bits per heavy atom. The standard InChI is InChI=1S/C8H9FS/c1-5-3-4-7(9)6(2)8(5)10/h3-4,10H,1-2H3. The van der Waals surface area contributed by atoms with Gasteiger partial charge in [-0.05, 0) is 31.0 Å². The van der Waals surface area contributed by atoms with Gasteiger partial charge in [-0.3, -0.25) is 0 Å². The number of aryl methyl sites for hydroxylation is 1. The van der Waals surface area contributed by atoms with Gasteiger partial charge in [-0.1, -0.05) is 6.07 Å². The molecule has 0 saturated carbocycles. The van der Waals surface area contributed by atoms with Crippen molar-refractivity contribution in [2.24, 2.45) is 0 Å². The minimum atomic E-state index is -0.185. The molecule has 0 aliphatic rings. The van der Waals surface area contributed by atoms with E-state index >= 15 is 0 Å². The minimum absolute atomic E-state index is 0.185. The maximum Gasteiger partial charge on any atom is 0.127 e. The molecule has 10 heavy (non-hydrogen) atoms. The normalized spacial score (nSPS) is 10.0. The molecule has 1 rings (SSSR count). The number of hydrogen-bond acceptors (Lipinski definition) is 1. The van der Waals surface area contributed by atoms with Crippen molar-refractivity contribution in [3.8, 4) is 0 Å². The molecular formula is C8H9FS. The van der Waals surface area contributed by atoms with Gasteiger partial charge in [0.05, 0.1) is 0 Å². The van der Waals surface area contributed by atoms with Gasteiger partial charge in [0.25, 0.3) is 0 Å². The Hall–Kier alpha value is -0.500. The zero-order chi connectivity index (χ0) is 7.72. The van der Waals surface area contributed by atoms with Crippen molar-refractivity contribution in [3.63, 3.8) is 0 Å². The van der Waals surface area contributed by atoms with E-state index in [1.54, 1.807) is 13.0 Å². The van der Waals surface area contributed by atoms with Crippen LogP contribution in [0.4, 0.5) is 4.39 Å². The molecule has 2 heteroatoms. The lowest BCUT2D eigenvalue weighted by Gasteiger charge is -2.02. The highest BCUT2D eigenvalue weighted by Crippen LogP contribution is 2.19. The first-order valence-corrected chi connectivity index (χ1v) is 3.52. The molecule has 54 valence electrons. The summed E-state index contributed by atoms with van der Waals surface area (Å²) in [4.78, 5) is 0.750. The summed E-state index contributed by atoms with van der Waals surface area (Å²) in [7, 11) is 0. The van der Waals surface area contributed by atoms with E-state index in [2.05, 4.69) is 12.6 Å². The van der Waals surface area contributed by atoms with Crippen molar-refractivity contribution in [1.82, 2.24) is 0 Å². The zero-order valence-corrected chi connectivity index (χ0v) is 6.87. The first-order valence-electron chi connectivity index (χ1n) is 3.07. The van der Waals surface area contributed by atoms with Crippen molar-refractivity contribution in [2.45, 2.75) is 18.7 Å². The Morgan fingerprint density at radius 3 is 2.40 bits per heavy atom. The van der Waals surface area contributed by atoms with Crippen LogP contribution in [0.3, 0.4) is 0 Å². The van der Waals surface area contributed by atoms with E-state index in [1.165, 1.54) is 6.07 Å². The van der Waals surface area contributed by atoms with Crippen molar-refractivity contribution in [2.75, 3.05) is 0 Å². The predicted molar refractivity (Wildman–Crippen MR) is 43.1 cm³/mol.